The summed E-state index contributed by atoms with van der Waals surface area (Å²) in [5.74, 6) is 1.67. The molecule has 4 aromatic rings. The molecule has 0 aliphatic heterocycles. The number of nitrogen functional groups attached to an aromatic ring is 1. The molecular formula is C18H15ClN6O2. The number of hydrogen-bond acceptors (Lipinski definition) is 7. The first-order chi connectivity index (χ1) is 13.2. The summed E-state index contributed by atoms with van der Waals surface area (Å²) >= 11 is 5.90. The number of halogens is 1. The van der Waals surface area contributed by atoms with E-state index in [2.05, 4.69) is 20.5 Å². The molecule has 0 saturated heterocycles. The molecule has 2 N–H and O–H groups in total. The fraction of sp³-hybridized carbons (Fsp3) is 0.111. The predicted octanol–water partition coefficient (Wildman–Crippen LogP) is 3.62. The lowest BCUT2D eigenvalue weighted by atomic mass is 10.2. The first kappa shape index (κ1) is 17.0. The third-order valence-electron chi connectivity index (χ3n) is 3.83. The van der Waals surface area contributed by atoms with Crippen LogP contribution in [-0.2, 0) is 0 Å². The highest BCUT2D eigenvalue weighted by Crippen LogP contribution is 2.27. The monoisotopic (exact) mass is 382 g/mol. The van der Waals surface area contributed by atoms with Crippen molar-refractivity contribution in [2.24, 2.45) is 0 Å². The molecule has 9 heteroatoms. The zero-order chi connectivity index (χ0) is 18.8. The van der Waals surface area contributed by atoms with E-state index in [0.717, 1.165) is 17.0 Å². The third kappa shape index (κ3) is 3.34. The van der Waals surface area contributed by atoms with Crippen molar-refractivity contribution in [3.05, 3.63) is 53.6 Å². The van der Waals surface area contributed by atoms with Gasteiger partial charge in [0, 0.05) is 10.6 Å². The number of nitrogens with zero attached hydrogens (tertiary/aromatic N) is 5. The van der Waals surface area contributed by atoms with Crippen molar-refractivity contribution in [2.75, 3.05) is 12.3 Å². The summed E-state index contributed by atoms with van der Waals surface area (Å²) in [5.41, 5.74) is 8.02. The minimum atomic E-state index is 0.189. The van der Waals surface area contributed by atoms with Gasteiger partial charge in [0.25, 0.3) is 5.89 Å². The summed E-state index contributed by atoms with van der Waals surface area (Å²) in [6.07, 6.45) is 0. The summed E-state index contributed by atoms with van der Waals surface area (Å²) < 4.78 is 12.2. The average molecular weight is 383 g/mol. The Kier molecular flexibility index (Phi) is 4.47. The minimum Gasteiger partial charge on any atom is -0.494 e. The molecular weight excluding hydrogens is 368 g/mol. The number of rotatable bonds is 5. The molecule has 136 valence electrons. The minimum absolute atomic E-state index is 0.189. The van der Waals surface area contributed by atoms with Crippen LogP contribution in [0.5, 0.6) is 5.75 Å². The van der Waals surface area contributed by atoms with Crippen LogP contribution >= 0.6 is 11.6 Å². The van der Waals surface area contributed by atoms with E-state index < -0.39 is 0 Å². The van der Waals surface area contributed by atoms with Crippen LogP contribution < -0.4 is 10.5 Å². The number of nitrogens with two attached hydrogens (primary N) is 1. The second-order valence-electron chi connectivity index (χ2n) is 5.59. The number of ether oxygens (including phenoxy) is 1. The van der Waals surface area contributed by atoms with Gasteiger partial charge in [0.15, 0.2) is 11.5 Å². The summed E-state index contributed by atoms with van der Waals surface area (Å²) in [6.45, 7) is 2.53. The molecule has 0 amide bonds. The highest BCUT2D eigenvalue weighted by molar-refractivity contribution is 6.30. The molecule has 0 spiro atoms. The molecule has 2 heterocycles. The van der Waals surface area contributed by atoms with E-state index in [-0.39, 0.29) is 5.89 Å². The van der Waals surface area contributed by atoms with Gasteiger partial charge < -0.3 is 15.0 Å². The first-order valence-electron chi connectivity index (χ1n) is 8.20. The Labute approximate surface area is 159 Å². The van der Waals surface area contributed by atoms with Crippen LogP contribution in [0.4, 0.5) is 5.82 Å². The SMILES string of the molecule is CCOc1ccc(-n2nnc(-c3nc(-c4ccc(Cl)cc4)no3)c2N)cc1. The van der Waals surface area contributed by atoms with E-state index >= 15 is 0 Å². The quantitative estimate of drug-likeness (QED) is 0.562. The normalized spacial score (nSPS) is 10.9. The van der Waals surface area contributed by atoms with Gasteiger partial charge in [-0.25, -0.2) is 0 Å². The molecule has 27 heavy (non-hydrogen) atoms. The van der Waals surface area contributed by atoms with E-state index in [1.165, 1.54) is 4.68 Å². The lowest BCUT2D eigenvalue weighted by Gasteiger charge is -2.05. The summed E-state index contributed by atoms with van der Waals surface area (Å²) in [4.78, 5) is 4.35. The Hall–Kier alpha value is -3.39. The maximum Gasteiger partial charge on any atom is 0.282 e. The molecule has 4 rings (SSSR count). The smallest absolute Gasteiger partial charge is 0.282 e. The molecule has 0 bridgehead atoms. The third-order valence-corrected chi connectivity index (χ3v) is 4.08. The van der Waals surface area contributed by atoms with Crippen LogP contribution in [0.3, 0.4) is 0 Å². The molecule has 0 fully saturated rings. The van der Waals surface area contributed by atoms with Crippen molar-refractivity contribution < 1.29 is 9.26 Å². The van der Waals surface area contributed by atoms with Crippen LogP contribution in [0.1, 0.15) is 6.92 Å². The summed E-state index contributed by atoms with van der Waals surface area (Å²) in [5, 5.41) is 12.8. The summed E-state index contributed by atoms with van der Waals surface area (Å²) in [7, 11) is 0. The average Bonchev–Trinajstić information content (AvgIpc) is 3.30. The van der Waals surface area contributed by atoms with E-state index in [1.807, 2.05) is 31.2 Å². The molecule has 0 radical (unpaired) electrons. The van der Waals surface area contributed by atoms with Gasteiger partial charge in [-0.3, -0.25) is 0 Å². The van der Waals surface area contributed by atoms with Gasteiger partial charge >= 0.3 is 0 Å². The molecule has 0 atom stereocenters. The van der Waals surface area contributed by atoms with Gasteiger partial charge in [0.2, 0.25) is 5.82 Å². The van der Waals surface area contributed by atoms with Crippen molar-refractivity contribution in [3.63, 3.8) is 0 Å². The molecule has 0 unspecified atom stereocenters. The molecule has 0 saturated carbocycles. The molecule has 2 aromatic heterocycles. The number of benzene rings is 2. The van der Waals surface area contributed by atoms with Gasteiger partial charge in [-0.15, -0.1) is 5.10 Å². The first-order valence-corrected chi connectivity index (χ1v) is 8.58. The van der Waals surface area contributed by atoms with E-state index in [4.69, 9.17) is 26.6 Å². The fourth-order valence-electron chi connectivity index (χ4n) is 2.52. The lowest BCUT2D eigenvalue weighted by Crippen LogP contribution is -2.02. The highest BCUT2D eigenvalue weighted by Gasteiger charge is 2.19. The molecule has 2 aromatic carbocycles. The van der Waals surface area contributed by atoms with Crippen LogP contribution in [0, 0.1) is 0 Å². The van der Waals surface area contributed by atoms with Gasteiger partial charge in [-0.05, 0) is 55.5 Å². The zero-order valence-corrected chi connectivity index (χ0v) is 15.1. The van der Waals surface area contributed by atoms with E-state index in [1.54, 1.807) is 24.3 Å². The Morgan fingerprint density at radius 1 is 1.11 bits per heavy atom. The standard InChI is InChI=1S/C18H15ClN6O2/c1-2-26-14-9-7-13(8-10-14)25-16(20)15(22-24-25)18-21-17(23-27-18)11-3-5-12(19)6-4-11/h3-10H,2,20H2,1H3. The largest absolute Gasteiger partial charge is 0.494 e. The number of anilines is 1. The van der Waals surface area contributed by atoms with Crippen molar-refractivity contribution in [2.45, 2.75) is 6.92 Å². The zero-order valence-electron chi connectivity index (χ0n) is 14.3. The topological polar surface area (TPSA) is 105 Å². The van der Waals surface area contributed by atoms with Crippen LogP contribution in [0.25, 0.3) is 28.7 Å². The Morgan fingerprint density at radius 3 is 2.56 bits per heavy atom. The van der Waals surface area contributed by atoms with Crippen LogP contribution in [0.2, 0.25) is 5.02 Å². The molecule has 0 aliphatic rings. The predicted molar refractivity (Wildman–Crippen MR) is 101 cm³/mol. The van der Waals surface area contributed by atoms with Crippen LogP contribution in [0.15, 0.2) is 53.1 Å². The maximum atomic E-state index is 6.19. The number of aromatic nitrogens is 5. The van der Waals surface area contributed by atoms with Gasteiger partial charge in [-0.1, -0.05) is 22.0 Å². The molecule has 8 nitrogen and oxygen atoms in total. The van der Waals surface area contributed by atoms with Crippen molar-refractivity contribution in [1.82, 2.24) is 25.1 Å². The Morgan fingerprint density at radius 2 is 1.85 bits per heavy atom. The maximum absolute atomic E-state index is 6.19. The van der Waals surface area contributed by atoms with Crippen molar-refractivity contribution in [1.29, 1.82) is 0 Å². The fourth-order valence-corrected chi connectivity index (χ4v) is 2.64. The van der Waals surface area contributed by atoms with Crippen LogP contribution in [-0.4, -0.2) is 31.7 Å². The van der Waals surface area contributed by atoms with Gasteiger partial charge in [-0.2, -0.15) is 9.67 Å². The lowest BCUT2D eigenvalue weighted by molar-refractivity contribution is 0.340. The van der Waals surface area contributed by atoms with E-state index in [0.29, 0.717) is 29.0 Å². The van der Waals surface area contributed by atoms with E-state index in [9.17, 15) is 0 Å². The Bertz CT molecular complexity index is 1060. The molecule has 0 aliphatic carbocycles. The second kappa shape index (κ2) is 7.08. The highest BCUT2D eigenvalue weighted by atomic mass is 35.5. The number of hydrogen-bond donors (Lipinski definition) is 1. The van der Waals surface area contributed by atoms with Gasteiger partial charge in [0.05, 0.1) is 12.3 Å². The Balaban J connectivity index is 1.63. The summed E-state index contributed by atoms with van der Waals surface area (Å²) in [6, 6.07) is 14.5. The van der Waals surface area contributed by atoms with Gasteiger partial charge in [0.1, 0.15) is 5.75 Å². The van der Waals surface area contributed by atoms with Crippen molar-refractivity contribution >= 4 is 17.4 Å². The van der Waals surface area contributed by atoms with Crippen molar-refractivity contribution in [3.8, 4) is 34.4 Å². The second-order valence-corrected chi connectivity index (χ2v) is 6.03.